The Balaban J connectivity index is 1.96. The van der Waals surface area contributed by atoms with Gasteiger partial charge in [-0.05, 0) is 30.2 Å². The van der Waals surface area contributed by atoms with Gasteiger partial charge < -0.3 is 10.4 Å². The average Bonchev–Trinajstić information content (AvgIpc) is 2.45. The van der Waals surface area contributed by atoms with E-state index in [1.54, 1.807) is 6.07 Å². The molecule has 0 saturated carbocycles. The van der Waals surface area contributed by atoms with Gasteiger partial charge in [0.15, 0.2) is 0 Å². The van der Waals surface area contributed by atoms with Crippen LogP contribution in [0.25, 0.3) is 0 Å². The first-order valence-corrected chi connectivity index (χ1v) is 7.28. The standard InChI is InChI=1S/C16H17BrFNO/c1-11(14-8-7-13(18)9-15(14)17)19-10-16(20)12-5-3-2-4-6-12/h2-9,11,16,19-20H,10H2,1H3. The van der Waals surface area contributed by atoms with Gasteiger partial charge >= 0.3 is 0 Å². The van der Waals surface area contributed by atoms with E-state index in [0.29, 0.717) is 6.54 Å². The van der Waals surface area contributed by atoms with Gasteiger partial charge in [-0.15, -0.1) is 0 Å². The van der Waals surface area contributed by atoms with Gasteiger partial charge in [0.1, 0.15) is 5.82 Å². The topological polar surface area (TPSA) is 32.3 Å². The Morgan fingerprint density at radius 1 is 1.20 bits per heavy atom. The maximum absolute atomic E-state index is 13.1. The minimum Gasteiger partial charge on any atom is -0.387 e. The molecule has 0 aromatic heterocycles. The van der Waals surface area contributed by atoms with Crippen LogP contribution in [-0.2, 0) is 0 Å². The van der Waals surface area contributed by atoms with Crippen LogP contribution >= 0.6 is 15.9 Å². The smallest absolute Gasteiger partial charge is 0.124 e. The molecule has 0 amide bonds. The summed E-state index contributed by atoms with van der Waals surface area (Å²) in [6, 6.07) is 14.1. The summed E-state index contributed by atoms with van der Waals surface area (Å²) in [5, 5.41) is 13.4. The molecule has 2 unspecified atom stereocenters. The average molecular weight is 338 g/mol. The van der Waals surface area contributed by atoms with Gasteiger partial charge in [-0.2, -0.15) is 0 Å². The molecular weight excluding hydrogens is 321 g/mol. The number of aliphatic hydroxyl groups excluding tert-OH is 1. The molecule has 0 aliphatic heterocycles. The van der Waals surface area contributed by atoms with Gasteiger partial charge in [0.25, 0.3) is 0 Å². The Hall–Kier alpha value is -1.23. The molecule has 0 aliphatic rings. The van der Waals surface area contributed by atoms with Crippen LogP contribution in [0.3, 0.4) is 0 Å². The predicted octanol–water partition coefficient (Wildman–Crippen LogP) is 3.97. The minimum atomic E-state index is -0.558. The van der Waals surface area contributed by atoms with Crippen LogP contribution in [0.15, 0.2) is 53.0 Å². The van der Waals surface area contributed by atoms with Crippen LogP contribution in [0.1, 0.15) is 30.2 Å². The van der Waals surface area contributed by atoms with Crippen LogP contribution in [0.4, 0.5) is 4.39 Å². The first-order chi connectivity index (χ1) is 9.58. The third-order valence-corrected chi connectivity index (χ3v) is 3.92. The Morgan fingerprint density at radius 3 is 2.55 bits per heavy atom. The van der Waals surface area contributed by atoms with Gasteiger partial charge in [0.2, 0.25) is 0 Å². The highest BCUT2D eigenvalue weighted by Gasteiger charge is 2.12. The second-order valence-corrected chi connectivity index (χ2v) is 5.58. The van der Waals surface area contributed by atoms with Gasteiger partial charge in [-0.25, -0.2) is 4.39 Å². The van der Waals surface area contributed by atoms with Crippen LogP contribution in [0.2, 0.25) is 0 Å². The fraction of sp³-hybridized carbons (Fsp3) is 0.250. The molecule has 2 nitrogen and oxygen atoms in total. The summed E-state index contributed by atoms with van der Waals surface area (Å²) in [6.45, 7) is 2.42. The Bertz CT molecular complexity index is 562. The number of benzene rings is 2. The fourth-order valence-corrected chi connectivity index (χ4v) is 2.74. The highest BCUT2D eigenvalue weighted by atomic mass is 79.9. The molecule has 0 aliphatic carbocycles. The normalized spacial score (nSPS) is 14.0. The molecule has 2 N–H and O–H groups in total. The zero-order valence-corrected chi connectivity index (χ0v) is 12.8. The van der Waals surface area contributed by atoms with Crippen molar-refractivity contribution in [1.29, 1.82) is 0 Å². The highest BCUT2D eigenvalue weighted by Crippen LogP contribution is 2.24. The SMILES string of the molecule is CC(NCC(O)c1ccccc1)c1ccc(F)cc1Br. The molecule has 0 fully saturated rings. The zero-order chi connectivity index (χ0) is 14.5. The molecule has 4 heteroatoms. The van der Waals surface area contributed by atoms with Gasteiger partial charge in [-0.3, -0.25) is 0 Å². The lowest BCUT2D eigenvalue weighted by atomic mass is 10.1. The van der Waals surface area contributed by atoms with Crippen LogP contribution in [0.5, 0.6) is 0 Å². The van der Waals surface area contributed by atoms with E-state index >= 15 is 0 Å². The highest BCUT2D eigenvalue weighted by molar-refractivity contribution is 9.10. The molecule has 2 aromatic carbocycles. The summed E-state index contributed by atoms with van der Waals surface area (Å²) in [5.74, 6) is -0.267. The van der Waals surface area contributed by atoms with E-state index in [0.717, 1.165) is 15.6 Å². The molecule has 2 aromatic rings. The first kappa shape index (κ1) is 15.2. The lowest BCUT2D eigenvalue weighted by molar-refractivity contribution is 0.170. The summed E-state index contributed by atoms with van der Waals surface area (Å²) in [7, 11) is 0. The van der Waals surface area contributed by atoms with Crippen LogP contribution < -0.4 is 5.32 Å². The Morgan fingerprint density at radius 2 is 1.90 bits per heavy atom. The molecule has 20 heavy (non-hydrogen) atoms. The van der Waals surface area contributed by atoms with Crippen molar-refractivity contribution in [3.63, 3.8) is 0 Å². The lowest BCUT2D eigenvalue weighted by Gasteiger charge is -2.19. The maximum atomic E-state index is 13.1. The third-order valence-electron chi connectivity index (χ3n) is 3.23. The summed E-state index contributed by atoms with van der Waals surface area (Å²) in [4.78, 5) is 0. The summed E-state index contributed by atoms with van der Waals surface area (Å²) in [6.07, 6.45) is -0.558. The lowest BCUT2D eigenvalue weighted by Crippen LogP contribution is -2.25. The van der Waals surface area contributed by atoms with Crippen LogP contribution in [-0.4, -0.2) is 11.7 Å². The van der Waals surface area contributed by atoms with Crippen molar-refractivity contribution < 1.29 is 9.50 Å². The molecule has 0 radical (unpaired) electrons. The van der Waals surface area contributed by atoms with E-state index in [1.165, 1.54) is 12.1 Å². The zero-order valence-electron chi connectivity index (χ0n) is 11.2. The largest absolute Gasteiger partial charge is 0.387 e. The van der Waals surface area contributed by atoms with Crippen molar-refractivity contribution in [3.05, 3.63) is 69.9 Å². The van der Waals surface area contributed by atoms with Crippen molar-refractivity contribution >= 4 is 15.9 Å². The molecule has 2 rings (SSSR count). The summed E-state index contributed by atoms with van der Waals surface area (Å²) in [5.41, 5.74) is 1.84. The second kappa shape index (κ2) is 6.97. The van der Waals surface area contributed by atoms with Crippen LogP contribution in [0, 0.1) is 5.82 Å². The van der Waals surface area contributed by atoms with E-state index in [-0.39, 0.29) is 11.9 Å². The fourth-order valence-electron chi connectivity index (χ4n) is 2.04. The van der Waals surface area contributed by atoms with Crippen molar-refractivity contribution in [2.75, 3.05) is 6.54 Å². The molecule has 0 spiro atoms. The van der Waals surface area contributed by atoms with Gasteiger partial charge in [0.05, 0.1) is 6.10 Å². The molecule has 0 bridgehead atoms. The molecule has 0 saturated heterocycles. The Kier molecular flexibility index (Phi) is 5.29. The van der Waals surface area contributed by atoms with Gasteiger partial charge in [0, 0.05) is 17.1 Å². The third kappa shape index (κ3) is 3.88. The molecule has 2 atom stereocenters. The van der Waals surface area contributed by atoms with E-state index in [1.807, 2.05) is 37.3 Å². The summed E-state index contributed by atoms with van der Waals surface area (Å²) >= 11 is 3.36. The number of nitrogens with one attached hydrogen (secondary N) is 1. The Labute approximate surface area is 126 Å². The molecule has 0 heterocycles. The van der Waals surface area contributed by atoms with Crippen molar-refractivity contribution in [2.24, 2.45) is 0 Å². The number of hydrogen-bond acceptors (Lipinski definition) is 2. The second-order valence-electron chi connectivity index (χ2n) is 4.72. The van der Waals surface area contributed by atoms with E-state index in [2.05, 4.69) is 21.2 Å². The number of halogens is 2. The predicted molar refractivity (Wildman–Crippen MR) is 81.9 cm³/mol. The number of aliphatic hydroxyl groups is 1. The number of hydrogen-bond donors (Lipinski definition) is 2. The number of rotatable bonds is 5. The van der Waals surface area contributed by atoms with Crippen molar-refractivity contribution in [3.8, 4) is 0 Å². The maximum Gasteiger partial charge on any atom is 0.124 e. The molecule has 106 valence electrons. The quantitative estimate of drug-likeness (QED) is 0.865. The van der Waals surface area contributed by atoms with E-state index in [9.17, 15) is 9.50 Å². The van der Waals surface area contributed by atoms with Crippen molar-refractivity contribution in [2.45, 2.75) is 19.1 Å². The minimum absolute atomic E-state index is 0.0170. The van der Waals surface area contributed by atoms with Crippen molar-refractivity contribution in [1.82, 2.24) is 5.32 Å². The van der Waals surface area contributed by atoms with E-state index < -0.39 is 6.10 Å². The van der Waals surface area contributed by atoms with Gasteiger partial charge in [-0.1, -0.05) is 52.3 Å². The summed E-state index contributed by atoms with van der Waals surface area (Å²) < 4.78 is 13.8. The molecular formula is C16H17BrFNO. The monoisotopic (exact) mass is 337 g/mol. The first-order valence-electron chi connectivity index (χ1n) is 6.49. The van der Waals surface area contributed by atoms with E-state index in [4.69, 9.17) is 0 Å².